The maximum Gasteiger partial charge on any atom is 0.338 e. The van der Waals surface area contributed by atoms with Crippen LogP contribution in [0.3, 0.4) is 0 Å². The van der Waals surface area contributed by atoms with Gasteiger partial charge in [-0.1, -0.05) is 6.07 Å². The Morgan fingerprint density at radius 3 is 2.44 bits per heavy atom. The van der Waals surface area contributed by atoms with Crippen molar-refractivity contribution < 1.29 is 28.3 Å². The Balaban J connectivity index is 1.77. The lowest BCUT2D eigenvalue weighted by Crippen LogP contribution is -2.42. The summed E-state index contributed by atoms with van der Waals surface area (Å²) in [5, 5.41) is 2.66. The summed E-state index contributed by atoms with van der Waals surface area (Å²) in [6.45, 7) is 5.40. The van der Waals surface area contributed by atoms with Gasteiger partial charge in [-0.2, -0.15) is 0 Å². The van der Waals surface area contributed by atoms with Gasteiger partial charge in [-0.15, -0.1) is 0 Å². The normalized spacial score (nSPS) is 16.0. The fourth-order valence-corrected chi connectivity index (χ4v) is 3.53. The highest BCUT2D eigenvalue weighted by Gasteiger charge is 2.47. The second-order valence-electron chi connectivity index (χ2n) is 7.50. The van der Waals surface area contributed by atoms with E-state index in [1.807, 2.05) is 0 Å². The van der Waals surface area contributed by atoms with E-state index < -0.39 is 35.7 Å². The van der Waals surface area contributed by atoms with E-state index in [0.717, 1.165) is 17.0 Å². The molecule has 1 fully saturated rings. The van der Waals surface area contributed by atoms with Crippen LogP contribution in [-0.2, 0) is 14.3 Å². The lowest BCUT2D eigenvalue weighted by molar-refractivity contribution is -0.124. The molecular weight excluding hydrogens is 417 g/mol. The fourth-order valence-electron chi connectivity index (χ4n) is 3.53. The Morgan fingerprint density at radius 1 is 1.12 bits per heavy atom. The smallest absolute Gasteiger partial charge is 0.338 e. The number of amides is 4. The van der Waals surface area contributed by atoms with Crippen LogP contribution < -0.4 is 10.2 Å². The van der Waals surface area contributed by atoms with E-state index in [4.69, 9.17) is 4.74 Å². The molecule has 4 amide bonds. The molecule has 1 aliphatic rings. The molecule has 3 rings (SSSR count). The van der Waals surface area contributed by atoms with Crippen LogP contribution in [0.2, 0.25) is 0 Å². The molecule has 2 aromatic carbocycles. The monoisotopic (exact) mass is 441 g/mol. The zero-order valence-electron chi connectivity index (χ0n) is 18.0. The number of rotatable bonds is 7. The molecule has 0 aliphatic carbocycles. The predicted octanol–water partition coefficient (Wildman–Crippen LogP) is 3.58. The summed E-state index contributed by atoms with van der Waals surface area (Å²) in [6, 6.07) is 9.31. The van der Waals surface area contributed by atoms with Crippen molar-refractivity contribution in [1.82, 2.24) is 4.90 Å². The number of esters is 1. The van der Waals surface area contributed by atoms with E-state index >= 15 is 0 Å². The first-order valence-corrected chi connectivity index (χ1v) is 10.2. The number of nitrogens with one attached hydrogen (secondary N) is 1. The van der Waals surface area contributed by atoms with Crippen LogP contribution >= 0.6 is 0 Å². The first-order chi connectivity index (χ1) is 15.2. The number of ether oxygens (including phenoxy) is 1. The largest absolute Gasteiger partial charge is 0.462 e. The Bertz CT molecular complexity index is 1040. The highest BCUT2D eigenvalue weighted by Crippen LogP contribution is 2.29. The van der Waals surface area contributed by atoms with E-state index in [9.17, 15) is 23.6 Å². The lowest BCUT2D eigenvalue weighted by Gasteiger charge is -2.25. The molecule has 1 aliphatic heterocycles. The van der Waals surface area contributed by atoms with E-state index in [2.05, 4.69) is 5.32 Å². The molecule has 0 aromatic heterocycles. The van der Waals surface area contributed by atoms with Gasteiger partial charge < -0.3 is 15.0 Å². The lowest BCUT2D eigenvalue weighted by atomic mass is 10.1. The molecule has 9 heteroatoms. The maximum atomic E-state index is 13.3. The van der Waals surface area contributed by atoms with Gasteiger partial charge in [0.1, 0.15) is 11.9 Å². The summed E-state index contributed by atoms with van der Waals surface area (Å²) in [5.74, 6) is -2.06. The van der Waals surface area contributed by atoms with Crippen LogP contribution in [0.5, 0.6) is 0 Å². The summed E-state index contributed by atoms with van der Waals surface area (Å²) in [7, 11) is 0. The van der Waals surface area contributed by atoms with Crippen LogP contribution in [0, 0.1) is 5.82 Å². The number of halogens is 1. The molecule has 2 aromatic rings. The van der Waals surface area contributed by atoms with Crippen molar-refractivity contribution >= 4 is 35.2 Å². The van der Waals surface area contributed by atoms with Gasteiger partial charge in [0, 0.05) is 11.7 Å². The molecule has 1 atom stereocenters. The Kier molecular flexibility index (Phi) is 6.87. The number of carbonyl (C=O) groups excluding carboxylic acids is 4. The number of hydrogen-bond donors (Lipinski definition) is 1. The third kappa shape index (κ3) is 4.77. The SMILES string of the molecule is CCOC(=O)c1cccc(NC(=O)CC2C(=O)N(c3ccc(F)cc3)C(=O)N2C(C)C)c1. The van der Waals surface area contributed by atoms with Crippen molar-refractivity contribution in [1.29, 1.82) is 0 Å². The van der Waals surface area contributed by atoms with E-state index in [0.29, 0.717) is 5.69 Å². The highest BCUT2D eigenvalue weighted by molar-refractivity contribution is 6.22. The molecule has 1 N–H and O–H groups in total. The van der Waals surface area contributed by atoms with Gasteiger partial charge in [0.2, 0.25) is 5.91 Å². The Labute approximate surface area is 184 Å². The summed E-state index contributed by atoms with van der Waals surface area (Å²) < 4.78 is 18.2. The highest BCUT2D eigenvalue weighted by atomic mass is 19.1. The average molecular weight is 441 g/mol. The van der Waals surface area contributed by atoms with Crippen molar-refractivity contribution in [3.8, 4) is 0 Å². The van der Waals surface area contributed by atoms with Gasteiger partial charge in [0.05, 0.1) is 24.3 Å². The number of hydrogen-bond acceptors (Lipinski definition) is 5. The molecule has 168 valence electrons. The standard InChI is InChI=1S/C23H24FN3O5/c1-4-32-22(30)15-6-5-7-17(12-15)25-20(28)13-19-21(29)27(23(31)26(19)14(2)3)18-10-8-16(24)9-11-18/h5-12,14,19H,4,13H2,1-3H3,(H,25,28). The minimum atomic E-state index is -1.01. The van der Waals surface area contributed by atoms with Crippen LogP contribution in [0.15, 0.2) is 48.5 Å². The number of carbonyl (C=O) groups is 4. The Morgan fingerprint density at radius 2 is 1.81 bits per heavy atom. The third-order valence-corrected chi connectivity index (χ3v) is 4.93. The van der Waals surface area contributed by atoms with Gasteiger partial charge >= 0.3 is 12.0 Å². The minimum Gasteiger partial charge on any atom is -0.462 e. The number of imide groups is 1. The zero-order valence-corrected chi connectivity index (χ0v) is 18.0. The van der Waals surface area contributed by atoms with Crippen molar-refractivity contribution in [2.45, 2.75) is 39.3 Å². The molecule has 32 heavy (non-hydrogen) atoms. The molecule has 8 nitrogen and oxygen atoms in total. The molecular formula is C23H24FN3O5. The van der Waals surface area contributed by atoms with Crippen molar-refractivity contribution in [2.75, 3.05) is 16.8 Å². The first-order valence-electron chi connectivity index (χ1n) is 10.2. The number of anilines is 2. The van der Waals surface area contributed by atoms with Crippen LogP contribution in [0.1, 0.15) is 37.6 Å². The molecule has 1 unspecified atom stereocenters. The zero-order chi connectivity index (χ0) is 23.4. The first kappa shape index (κ1) is 22.9. The third-order valence-electron chi connectivity index (χ3n) is 4.93. The Hall–Kier alpha value is -3.75. The molecule has 1 saturated heterocycles. The number of urea groups is 1. The minimum absolute atomic E-state index is 0.225. The summed E-state index contributed by atoms with van der Waals surface area (Å²) in [6.07, 6.45) is -0.274. The summed E-state index contributed by atoms with van der Waals surface area (Å²) in [5.41, 5.74) is 0.879. The van der Waals surface area contributed by atoms with E-state index in [1.54, 1.807) is 39.0 Å². The second kappa shape index (κ2) is 9.59. The van der Waals surface area contributed by atoms with Crippen molar-refractivity contribution in [2.24, 2.45) is 0 Å². The molecule has 0 saturated carbocycles. The van der Waals surface area contributed by atoms with Gasteiger partial charge in [-0.05, 0) is 63.2 Å². The van der Waals surface area contributed by atoms with E-state index in [-0.39, 0.29) is 30.3 Å². The maximum absolute atomic E-state index is 13.3. The quantitative estimate of drug-likeness (QED) is 0.523. The molecule has 0 bridgehead atoms. The average Bonchev–Trinajstić information content (AvgIpc) is 2.98. The molecule has 0 radical (unpaired) electrons. The summed E-state index contributed by atoms with van der Waals surface area (Å²) >= 11 is 0. The van der Waals surface area contributed by atoms with Gasteiger partial charge in [0.15, 0.2) is 0 Å². The fraction of sp³-hybridized carbons (Fsp3) is 0.304. The number of nitrogens with zero attached hydrogens (tertiary/aromatic N) is 2. The van der Waals surface area contributed by atoms with E-state index in [1.165, 1.54) is 23.1 Å². The van der Waals surface area contributed by atoms with Crippen LogP contribution in [0.4, 0.5) is 20.6 Å². The summed E-state index contributed by atoms with van der Waals surface area (Å²) in [4.78, 5) is 52.9. The molecule has 0 spiro atoms. The van der Waals surface area contributed by atoms with Gasteiger partial charge in [-0.25, -0.2) is 18.9 Å². The van der Waals surface area contributed by atoms with Crippen LogP contribution in [-0.4, -0.2) is 47.4 Å². The topological polar surface area (TPSA) is 96.0 Å². The van der Waals surface area contributed by atoms with Gasteiger partial charge in [-0.3, -0.25) is 9.59 Å². The van der Waals surface area contributed by atoms with Crippen molar-refractivity contribution in [3.05, 3.63) is 59.9 Å². The predicted molar refractivity (Wildman–Crippen MR) is 116 cm³/mol. The van der Waals surface area contributed by atoms with Crippen molar-refractivity contribution in [3.63, 3.8) is 0 Å². The van der Waals surface area contributed by atoms with Gasteiger partial charge in [0.25, 0.3) is 5.91 Å². The van der Waals surface area contributed by atoms with Crippen LogP contribution in [0.25, 0.3) is 0 Å². The molecule has 1 heterocycles. The number of benzene rings is 2. The second-order valence-corrected chi connectivity index (χ2v) is 7.50.